The van der Waals surface area contributed by atoms with E-state index < -0.39 is 5.97 Å². The number of hydrogen-bond donors (Lipinski definition) is 2. The lowest BCUT2D eigenvalue weighted by atomic mass is 10.2. The molecule has 0 aliphatic carbocycles. The van der Waals surface area contributed by atoms with Gasteiger partial charge in [0.15, 0.2) is 0 Å². The molecular weight excluding hydrogens is 294 g/mol. The number of carboxylic acid groups (broad SMARTS) is 1. The molecule has 23 heavy (non-hydrogen) atoms. The molecule has 0 spiro atoms. The van der Waals surface area contributed by atoms with Gasteiger partial charge in [0.2, 0.25) is 0 Å². The monoisotopic (exact) mass is 315 g/mol. The van der Waals surface area contributed by atoms with Crippen LogP contribution in [0.4, 0.5) is 0 Å². The second-order valence-electron chi connectivity index (χ2n) is 4.97. The molecule has 0 aromatic heterocycles. The highest BCUT2D eigenvalue weighted by molar-refractivity contribution is 5.66. The number of nitrogens with one attached hydrogen (secondary N) is 1. The summed E-state index contributed by atoms with van der Waals surface area (Å²) in [5, 5.41) is 11.6. The number of carboxylic acids is 1. The van der Waals surface area contributed by atoms with Gasteiger partial charge in [-0.15, -0.1) is 0 Å². The highest BCUT2D eigenvalue weighted by atomic mass is 16.5. The van der Waals surface area contributed by atoms with Crippen molar-refractivity contribution in [2.24, 2.45) is 0 Å². The number of rotatable bonds is 10. The number of ether oxygens (including phenoxy) is 2. The Morgan fingerprint density at radius 3 is 2.13 bits per heavy atom. The minimum Gasteiger partial charge on any atom is -0.490 e. The molecule has 0 saturated carbocycles. The van der Waals surface area contributed by atoms with Gasteiger partial charge < -0.3 is 19.9 Å². The zero-order valence-electron chi connectivity index (χ0n) is 12.9. The van der Waals surface area contributed by atoms with E-state index >= 15 is 0 Å². The van der Waals surface area contributed by atoms with E-state index in [4.69, 9.17) is 14.6 Å². The van der Waals surface area contributed by atoms with Gasteiger partial charge in [0.25, 0.3) is 0 Å². The van der Waals surface area contributed by atoms with Gasteiger partial charge in [0, 0.05) is 13.1 Å². The topological polar surface area (TPSA) is 67.8 Å². The van der Waals surface area contributed by atoms with Crippen molar-refractivity contribution in [1.29, 1.82) is 0 Å². The number of aliphatic carboxylic acids is 1. The van der Waals surface area contributed by atoms with Crippen molar-refractivity contribution in [3.8, 4) is 11.5 Å². The molecule has 0 amide bonds. The molecule has 0 aliphatic heterocycles. The maximum atomic E-state index is 10.4. The first-order valence-electron chi connectivity index (χ1n) is 7.56. The predicted molar refractivity (Wildman–Crippen MR) is 87.8 cm³/mol. The molecule has 2 aromatic carbocycles. The molecule has 0 radical (unpaired) electrons. The highest BCUT2D eigenvalue weighted by Gasteiger charge is 1.99. The Kier molecular flexibility index (Phi) is 6.94. The first-order chi connectivity index (χ1) is 11.2. The van der Waals surface area contributed by atoms with Crippen molar-refractivity contribution in [3.63, 3.8) is 0 Å². The largest absolute Gasteiger partial charge is 0.490 e. The van der Waals surface area contributed by atoms with E-state index in [1.807, 2.05) is 54.6 Å². The van der Waals surface area contributed by atoms with E-state index in [1.54, 1.807) is 0 Å². The van der Waals surface area contributed by atoms with Gasteiger partial charge in [-0.1, -0.05) is 30.3 Å². The van der Waals surface area contributed by atoms with E-state index in [9.17, 15) is 4.79 Å². The van der Waals surface area contributed by atoms with Crippen LogP contribution in [0.3, 0.4) is 0 Å². The minimum absolute atomic E-state index is 0.128. The summed E-state index contributed by atoms with van der Waals surface area (Å²) in [6.45, 7) is 2.07. The van der Waals surface area contributed by atoms with Crippen LogP contribution >= 0.6 is 0 Å². The molecular formula is C18H21NO4. The van der Waals surface area contributed by atoms with Crippen LogP contribution in [0.2, 0.25) is 0 Å². The quantitative estimate of drug-likeness (QED) is 0.660. The molecule has 2 N–H and O–H groups in total. The smallest absolute Gasteiger partial charge is 0.304 e. The van der Waals surface area contributed by atoms with Gasteiger partial charge >= 0.3 is 5.97 Å². The summed E-state index contributed by atoms with van der Waals surface area (Å²) >= 11 is 0. The third kappa shape index (κ3) is 6.84. The maximum Gasteiger partial charge on any atom is 0.304 e. The minimum atomic E-state index is -0.793. The van der Waals surface area contributed by atoms with Crippen LogP contribution in [0.1, 0.15) is 12.0 Å². The van der Waals surface area contributed by atoms with Crippen molar-refractivity contribution in [3.05, 3.63) is 60.2 Å². The summed E-state index contributed by atoms with van der Waals surface area (Å²) in [7, 11) is 0. The standard InChI is InChI=1S/C18H21NO4/c20-18(21)10-11-19-14-15-6-8-17(9-7-15)23-13-12-22-16-4-2-1-3-5-16/h1-9,19H,10-14H2,(H,20,21). The SMILES string of the molecule is O=C(O)CCNCc1ccc(OCCOc2ccccc2)cc1. The third-order valence-corrected chi connectivity index (χ3v) is 3.13. The number of hydrogen-bond acceptors (Lipinski definition) is 4. The van der Waals surface area contributed by atoms with E-state index in [0.717, 1.165) is 17.1 Å². The molecule has 0 bridgehead atoms. The predicted octanol–water partition coefficient (Wildman–Crippen LogP) is 2.71. The first-order valence-corrected chi connectivity index (χ1v) is 7.56. The molecule has 0 unspecified atom stereocenters. The summed E-state index contributed by atoms with van der Waals surface area (Å²) in [6, 6.07) is 17.3. The van der Waals surface area contributed by atoms with Gasteiger partial charge in [-0.25, -0.2) is 0 Å². The Bertz CT molecular complexity index is 584. The van der Waals surface area contributed by atoms with Gasteiger partial charge in [-0.2, -0.15) is 0 Å². The first kappa shape index (κ1) is 16.8. The summed E-state index contributed by atoms with van der Waals surface area (Å²) < 4.78 is 11.2. The molecule has 0 fully saturated rings. The summed E-state index contributed by atoms with van der Waals surface area (Å²) in [5.74, 6) is 0.828. The molecule has 0 atom stereocenters. The number of para-hydroxylation sites is 1. The fourth-order valence-electron chi connectivity index (χ4n) is 1.97. The third-order valence-electron chi connectivity index (χ3n) is 3.13. The fourth-order valence-corrected chi connectivity index (χ4v) is 1.97. The lowest BCUT2D eigenvalue weighted by Crippen LogP contribution is -2.17. The van der Waals surface area contributed by atoms with Gasteiger partial charge in [0.1, 0.15) is 24.7 Å². The summed E-state index contributed by atoms with van der Waals surface area (Å²) in [5.41, 5.74) is 1.09. The highest BCUT2D eigenvalue weighted by Crippen LogP contribution is 2.12. The summed E-state index contributed by atoms with van der Waals surface area (Å²) in [4.78, 5) is 10.4. The molecule has 5 heteroatoms. The Morgan fingerprint density at radius 1 is 0.913 bits per heavy atom. The van der Waals surface area contributed by atoms with Crippen LogP contribution in [0, 0.1) is 0 Å². The second kappa shape index (κ2) is 9.48. The Balaban J connectivity index is 1.63. The van der Waals surface area contributed by atoms with Crippen LogP contribution in [-0.2, 0) is 11.3 Å². The van der Waals surface area contributed by atoms with Gasteiger partial charge in [-0.3, -0.25) is 4.79 Å². The second-order valence-corrected chi connectivity index (χ2v) is 4.97. The Hall–Kier alpha value is -2.53. The van der Waals surface area contributed by atoms with Crippen LogP contribution in [0.25, 0.3) is 0 Å². The van der Waals surface area contributed by atoms with E-state index in [0.29, 0.717) is 26.3 Å². The van der Waals surface area contributed by atoms with Crippen molar-refractivity contribution < 1.29 is 19.4 Å². The van der Waals surface area contributed by atoms with Crippen LogP contribution in [-0.4, -0.2) is 30.8 Å². The maximum absolute atomic E-state index is 10.4. The fraction of sp³-hybridized carbons (Fsp3) is 0.278. The summed E-state index contributed by atoms with van der Waals surface area (Å²) in [6.07, 6.45) is 0.128. The van der Waals surface area contributed by atoms with Crippen molar-refractivity contribution in [1.82, 2.24) is 5.32 Å². The molecule has 5 nitrogen and oxygen atoms in total. The van der Waals surface area contributed by atoms with E-state index in [2.05, 4.69) is 5.32 Å². The molecule has 0 saturated heterocycles. The van der Waals surface area contributed by atoms with E-state index in [-0.39, 0.29) is 6.42 Å². The van der Waals surface area contributed by atoms with Crippen molar-refractivity contribution in [2.75, 3.05) is 19.8 Å². The normalized spacial score (nSPS) is 10.3. The van der Waals surface area contributed by atoms with E-state index in [1.165, 1.54) is 0 Å². The van der Waals surface area contributed by atoms with Crippen molar-refractivity contribution in [2.45, 2.75) is 13.0 Å². The van der Waals surface area contributed by atoms with Gasteiger partial charge in [0.05, 0.1) is 6.42 Å². The number of benzene rings is 2. The average Bonchev–Trinajstić information content (AvgIpc) is 2.57. The van der Waals surface area contributed by atoms with Crippen LogP contribution < -0.4 is 14.8 Å². The van der Waals surface area contributed by atoms with Gasteiger partial charge in [-0.05, 0) is 29.8 Å². The van der Waals surface area contributed by atoms with Crippen LogP contribution in [0.15, 0.2) is 54.6 Å². The Morgan fingerprint density at radius 2 is 1.52 bits per heavy atom. The molecule has 122 valence electrons. The Labute approximate surface area is 135 Å². The average molecular weight is 315 g/mol. The zero-order valence-corrected chi connectivity index (χ0v) is 12.9. The number of carbonyl (C=O) groups is 1. The molecule has 0 aliphatic rings. The molecule has 2 rings (SSSR count). The zero-order chi connectivity index (χ0) is 16.3. The van der Waals surface area contributed by atoms with Crippen molar-refractivity contribution >= 4 is 5.97 Å². The molecule has 2 aromatic rings. The van der Waals surface area contributed by atoms with Crippen LogP contribution in [0.5, 0.6) is 11.5 Å². The molecule has 0 heterocycles. The lowest BCUT2D eigenvalue weighted by Gasteiger charge is -2.09. The lowest BCUT2D eigenvalue weighted by molar-refractivity contribution is -0.136.